The van der Waals surface area contributed by atoms with Crippen LogP contribution < -0.4 is 0 Å². The van der Waals surface area contributed by atoms with E-state index in [0.29, 0.717) is 5.75 Å². The first kappa shape index (κ1) is 9.33. The quantitative estimate of drug-likeness (QED) is 0.779. The number of benzene rings is 1. The molecule has 0 heterocycles. The maximum Gasteiger partial charge on any atom is 0.132 e. The van der Waals surface area contributed by atoms with Crippen molar-refractivity contribution in [2.24, 2.45) is 0 Å². The van der Waals surface area contributed by atoms with Gasteiger partial charge in [0.05, 0.1) is 4.47 Å². The number of hydrogen-bond acceptors (Lipinski definition) is 1. The van der Waals surface area contributed by atoms with Crippen LogP contribution in [-0.4, -0.2) is 5.11 Å². The first-order valence-corrected chi connectivity index (χ1v) is 4.48. The first-order valence-electron chi connectivity index (χ1n) is 3.69. The molecule has 0 aliphatic carbocycles. The van der Waals surface area contributed by atoms with Crippen LogP contribution in [0.25, 0.3) is 6.08 Å². The van der Waals surface area contributed by atoms with Gasteiger partial charge in [-0.05, 0) is 52.5 Å². The summed E-state index contributed by atoms with van der Waals surface area (Å²) in [6.07, 6.45) is 1.78. The molecule has 0 bridgehead atoms. The largest absolute Gasteiger partial charge is 0.506 e. The average Bonchev–Trinajstić information content (AvgIpc) is 2.08. The van der Waals surface area contributed by atoms with Crippen molar-refractivity contribution in [1.82, 2.24) is 0 Å². The molecule has 1 aromatic rings. The van der Waals surface area contributed by atoms with Gasteiger partial charge in [0.1, 0.15) is 5.75 Å². The van der Waals surface area contributed by atoms with Crippen LogP contribution in [0.2, 0.25) is 0 Å². The molecule has 0 aromatic heterocycles. The smallest absolute Gasteiger partial charge is 0.132 e. The van der Waals surface area contributed by atoms with Gasteiger partial charge in [-0.15, -0.1) is 0 Å². The van der Waals surface area contributed by atoms with Crippen LogP contribution in [0.3, 0.4) is 0 Å². The van der Waals surface area contributed by atoms with E-state index in [1.165, 1.54) is 0 Å². The molecule has 64 valence electrons. The Morgan fingerprint density at radius 3 is 2.50 bits per heavy atom. The third kappa shape index (κ3) is 1.39. The van der Waals surface area contributed by atoms with E-state index in [1.54, 1.807) is 6.08 Å². The lowest BCUT2D eigenvalue weighted by Crippen LogP contribution is -1.87. The predicted octanol–water partition coefficient (Wildman–Crippen LogP) is 3.41. The fourth-order valence-corrected chi connectivity index (χ4v) is 1.64. The zero-order valence-electron chi connectivity index (χ0n) is 7.19. The molecule has 12 heavy (non-hydrogen) atoms. The number of hydrogen-bond donors (Lipinski definition) is 1. The molecule has 1 aromatic carbocycles. The van der Waals surface area contributed by atoms with Crippen LogP contribution in [0.5, 0.6) is 5.75 Å². The Bertz CT molecular complexity index is 329. The van der Waals surface area contributed by atoms with Crippen molar-refractivity contribution in [2.75, 3.05) is 0 Å². The van der Waals surface area contributed by atoms with Crippen LogP contribution in [0.1, 0.15) is 16.7 Å². The Balaban J connectivity index is 3.49. The van der Waals surface area contributed by atoms with Gasteiger partial charge in [0.15, 0.2) is 0 Å². The van der Waals surface area contributed by atoms with Crippen molar-refractivity contribution in [1.29, 1.82) is 0 Å². The Morgan fingerprint density at radius 2 is 2.00 bits per heavy atom. The highest BCUT2D eigenvalue weighted by Crippen LogP contribution is 2.32. The minimum Gasteiger partial charge on any atom is -0.506 e. The summed E-state index contributed by atoms with van der Waals surface area (Å²) in [5.74, 6) is 0.318. The molecule has 0 atom stereocenters. The summed E-state index contributed by atoms with van der Waals surface area (Å²) in [4.78, 5) is 0. The second kappa shape index (κ2) is 3.31. The fourth-order valence-electron chi connectivity index (χ4n) is 1.10. The summed E-state index contributed by atoms with van der Waals surface area (Å²) in [6.45, 7) is 7.56. The van der Waals surface area contributed by atoms with Gasteiger partial charge < -0.3 is 5.11 Å². The highest BCUT2D eigenvalue weighted by molar-refractivity contribution is 9.10. The van der Waals surface area contributed by atoms with Gasteiger partial charge in [-0.3, -0.25) is 0 Å². The van der Waals surface area contributed by atoms with E-state index >= 15 is 0 Å². The SMILES string of the molecule is C=Cc1cc(Br)c(O)c(C)c1C. The van der Waals surface area contributed by atoms with E-state index in [2.05, 4.69) is 22.5 Å². The third-order valence-corrected chi connectivity index (χ3v) is 2.68. The summed E-state index contributed by atoms with van der Waals surface area (Å²) < 4.78 is 0.723. The maximum atomic E-state index is 9.53. The van der Waals surface area contributed by atoms with E-state index in [0.717, 1.165) is 21.2 Å². The van der Waals surface area contributed by atoms with E-state index in [9.17, 15) is 5.11 Å². The standard InChI is InChI=1S/C10H11BrO/c1-4-8-5-9(11)10(12)7(3)6(8)2/h4-5,12H,1H2,2-3H3. The molecule has 1 rings (SSSR count). The van der Waals surface area contributed by atoms with Gasteiger partial charge in [0.25, 0.3) is 0 Å². The zero-order chi connectivity index (χ0) is 9.30. The molecule has 0 amide bonds. The number of aromatic hydroxyl groups is 1. The molecule has 0 aliphatic heterocycles. The number of phenolic OH excluding ortho intramolecular Hbond substituents is 1. The van der Waals surface area contributed by atoms with Crippen molar-refractivity contribution in [3.8, 4) is 5.75 Å². The lowest BCUT2D eigenvalue weighted by Gasteiger charge is -2.08. The zero-order valence-corrected chi connectivity index (χ0v) is 8.77. The summed E-state index contributed by atoms with van der Waals surface area (Å²) in [5.41, 5.74) is 3.03. The highest BCUT2D eigenvalue weighted by Gasteiger charge is 2.07. The van der Waals surface area contributed by atoms with Gasteiger partial charge in [-0.2, -0.15) is 0 Å². The van der Waals surface area contributed by atoms with Gasteiger partial charge in [-0.1, -0.05) is 12.7 Å². The minimum atomic E-state index is 0.318. The minimum absolute atomic E-state index is 0.318. The van der Waals surface area contributed by atoms with Crippen LogP contribution >= 0.6 is 15.9 Å². The Morgan fingerprint density at radius 1 is 1.42 bits per heavy atom. The predicted molar refractivity (Wildman–Crippen MR) is 55.4 cm³/mol. The molecule has 0 radical (unpaired) electrons. The van der Waals surface area contributed by atoms with Crippen molar-refractivity contribution >= 4 is 22.0 Å². The number of halogens is 1. The van der Waals surface area contributed by atoms with Gasteiger partial charge in [0.2, 0.25) is 0 Å². The molecule has 0 fully saturated rings. The molecule has 0 unspecified atom stereocenters. The van der Waals surface area contributed by atoms with E-state index in [4.69, 9.17) is 0 Å². The normalized spacial score (nSPS) is 9.92. The summed E-state index contributed by atoms with van der Waals surface area (Å²) in [6, 6.07) is 1.87. The molecule has 2 heteroatoms. The lowest BCUT2D eigenvalue weighted by atomic mass is 10.0. The fraction of sp³-hybridized carbons (Fsp3) is 0.200. The second-order valence-electron chi connectivity index (χ2n) is 2.75. The first-order chi connectivity index (χ1) is 5.57. The van der Waals surface area contributed by atoms with Crippen LogP contribution in [0.15, 0.2) is 17.1 Å². The maximum absolute atomic E-state index is 9.53. The van der Waals surface area contributed by atoms with Gasteiger partial charge in [-0.25, -0.2) is 0 Å². The van der Waals surface area contributed by atoms with Crippen molar-refractivity contribution in [2.45, 2.75) is 13.8 Å². The molecular weight excluding hydrogens is 216 g/mol. The monoisotopic (exact) mass is 226 g/mol. The third-order valence-electron chi connectivity index (χ3n) is 2.08. The van der Waals surface area contributed by atoms with Crippen LogP contribution in [0.4, 0.5) is 0 Å². The molecule has 0 spiro atoms. The van der Waals surface area contributed by atoms with Crippen molar-refractivity contribution in [3.63, 3.8) is 0 Å². The summed E-state index contributed by atoms with van der Waals surface area (Å²) in [7, 11) is 0. The summed E-state index contributed by atoms with van der Waals surface area (Å²) in [5, 5.41) is 9.53. The number of phenols is 1. The van der Waals surface area contributed by atoms with Crippen LogP contribution in [0, 0.1) is 13.8 Å². The van der Waals surface area contributed by atoms with Crippen molar-refractivity contribution in [3.05, 3.63) is 33.8 Å². The second-order valence-corrected chi connectivity index (χ2v) is 3.60. The molecule has 1 N–H and O–H groups in total. The average molecular weight is 227 g/mol. The number of rotatable bonds is 1. The van der Waals surface area contributed by atoms with Gasteiger partial charge >= 0.3 is 0 Å². The van der Waals surface area contributed by atoms with Crippen LogP contribution in [-0.2, 0) is 0 Å². The Labute approximate surface area is 80.9 Å². The van der Waals surface area contributed by atoms with E-state index < -0.39 is 0 Å². The Hall–Kier alpha value is -0.760. The highest BCUT2D eigenvalue weighted by atomic mass is 79.9. The Kier molecular flexibility index (Phi) is 2.58. The summed E-state index contributed by atoms with van der Waals surface area (Å²) >= 11 is 3.27. The van der Waals surface area contributed by atoms with Gasteiger partial charge in [0, 0.05) is 0 Å². The molecule has 1 nitrogen and oxygen atoms in total. The van der Waals surface area contributed by atoms with Crippen molar-refractivity contribution < 1.29 is 5.11 Å². The molecule has 0 aliphatic rings. The van der Waals surface area contributed by atoms with E-state index in [1.807, 2.05) is 19.9 Å². The van der Waals surface area contributed by atoms with E-state index in [-0.39, 0.29) is 0 Å². The topological polar surface area (TPSA) is 20.2 Å². The molecule has 0 saturated heterocycles. The molecular formula is C10H11BrO. The lowest BCUT2D eigenvalue weighted by molar-refractivity contribution is 0.467. The molecule has 0 saturated carbocycles.